The zero-order valence-electron chi connectivity index (χ0n) is 22.4. The number of anilines is 2. The van der Waals surface area contributed by atoms with Crippen molar-refractivity contribution in [2.75, 3.05) is 11.9 Å². The van der Waals surface area contributed by atoms with E-state index in [9.17, 15) is 8.42 Å². The van der Waals surface area contributed by atoms with Gasteiger partial charge < -0.3 is 15.4 Å². The highest BCUT2D eigenvalue weighted by Gasteiger charge is 2.24. The van der Waals surface area contributed by atoms with Crippen LogP contribution >= 0.6 is 11.6 Å². The van der Waals surface area contributed by atoms with Gasteiger partial charge in [-0.05, 0) is 83.5 Å². The molecule has 206 valence electrons. The van der Waals surface area contributed by atoms with Gasteiger partial charge in [-0.2, -0.15) is 0 Å². The van der Waals surface area contributed by atoms with Crippen LogP contribution in [-0.4, -0.2) is 47.2 Å². The Morgan fingerprint density at radius 1 is 1.15 bits per heavy atom. The molecule has 11 heteroatoms. The van der Waals surface area contributed by atoms with Crippen molar-refractivity contribution >= 4 is 38.8 Å². The van der Waals surface area contributed by atoms with Crippen LogP contribution in [0.3, 0.4) is 0 Å². The van der Waals surface area contributed by atoms with Crippen LogP contribution in [0.15, 0.2) is 65.7 Å². The molecule has 2 aromatic carbocycles. The zero-order valence-corrected chi connectivity index (χ0v) is 24.0. The average molecular weight is 569 g/mol. The molecule has 2 atom stereocenters. The Morgan fingerprint density at radius 3 is 2.72 bits per heavy atom. The third-order valence-corrected chi connectivity index (χ3v) is 8.51. The average Bonchev–Trinajstić information content (AvgIpc) is 3.55. The van der Waals surface area contributed by atoms with Gasteiger partial charge >= 0.3 is 0 Å². The number of hydrogen-bond acceptors (Lipinski definition) is 7. The summed E-state index contributed by atoms with van der Waals surface area (Å²) in [6.45, 7) is 8.48. The number of sulfonamides is 1. The molecule has 4 aromatic rings. The van der Waals surface area contributed by atoms with E-state index < -0.39 is 15.6 Å². The maximum absolute atomic E-state index is 12.9. The van der Waals surface area contributed by atoms with Crippen molar-refractivity contribution in [3.63, 3.8) is 0 Å². The van der Waals surface area contributed by atoms with Gasteiger partial charge in [0.2, 0.25) is 16.0 Å². The van der Waals surface area contributed by atoms with Crippen LogP contribution in [-0.2, 0) is 10.0 Å². The molecule has 1 aliphatic rings. The zero-order chi connectivity index (χ0) is 27.8. The molecule has 2 unspecified atom stereocenters. The van der Waals surface area contributed by atoms with Gasteiger partial charge in [0.1, 0.15) is 11.9 Å². The van der Waals surface area contributed by atoms with E-state index in [-0.39, 0.29) is 11.0 Å². The molecule has 0 saturated carbocycles. The Balaban J connectivity index is 1.40. The highest BCUT2D eigenvalue weighted by atomic mass is 35.5. The van der Waals surface area contributed by atoms with Crippen LogP contribution in [0.1, 0.15) is 40.5 Å². The molecule has 5 rings (SSSR count). The third kappa shape index (κ3) is 6.36. The molecular formula is C28H33ClN6O3S. The van der Waals surface area contributed by atoms with E-state index in [4.69, 9.17) is 16.3 Å². The van der Waals surface area contributed by atoms with Crippen molar-refractivity contribution in [1.29, 1.82) is 0 Å². The Morgan fingerprint density at radius 2 is 1.97 bits per heavy atom. The summed E-state index contributed by atoms with van der Waals surface area (Å²) < 4.78 is 36.4. The van der Waals surface area contributed by atoms with Crippen molar-refractivity contribution in [2.45, 2.75) is 63.1 Å². The summed E-state index contributed by atoms with van der Waals surface area (Å²) in [4.78, 5) is 4.64. The number of benzene rings is 2. The molecule has 0 aliphatic carbocycles. The summed E-state index contributed by atoms with van der Waals surface area (Å²) in [7, 11) is -3.69. The number of rotatable bonds is 8. The highest BCUT2D eigenvalue weighted by Crippen LogP contribution is 2.31. The molecule has 9 nitrogen and oxygen atoms in total. The van der Waals surface area contributed by atoms with Crippen molar-refractivity contribution in [1.82, 2.24) is 24.6 Å². The smallest absolute Gasteiger partial charge is 0.245 e. The summed E-state index contributed by atoms with van der Waals surface area (Å²) in [5.41, 5.74) is 2.36. The third-order valence-electron chi connectivity index (χ3n) is 6.44. The monoisotopic (exact) mass is 568 g/mol. The van der Waals surface area contributed by atoms with E-state index in [1.54, 1.807) is 35.0 Å². The van der Waals surface area contributed by atoms with Crippen molar-refractivity contribution in [3.05, 3.63) is 65.8 Å². The lowest BCUT2D eigenvalue weighted by Crippen LogP contribution is -2.40. The van der Waals surface area contributed by atoms with Crippen molar-refractivity contribution in [2.24, 2.45) is 0 Å². The Kier molecular flexibility index (Phi) is 7.56. The minimum absolute atomic E-state index is 0.0199. The van der Waals surface area contributed by atoms with Gasteiger partial charge in [0, 0.05) is 28.9 Å². The first-order valence-electron chi connectivity index (χ1n) is 12.9. The maximum atomic E-state index is 12.9. The largest absolute Gasteiger partial charge is 0.487 e. The lowest BCUT2D eigenvalue weighted by Gasteiger charge is -2.22. The number of fused-ring (bicyclic) bond motifs is 1. The summed E-state index contributed by atoms with van der Waals surface area (Å²) in [6, 6.07) is 16.4. The molecule has 0 bridgehead atoms. The predicted octanol–water partition coefficient (Wildman–Crippen LogP) is 5.39. The molecule has 0 radical (unpaired) electrons. The molecule has 0 spiro atoms. The summed E-state index contributed by atoms with van der Waals surface area (Å²) in [5, 5.41) is 11.9. The topological polar surface area (TPSA) is 110 Å². The fourth-order valence-corrected chi connectivity index (χ4v) is 6.28. The predicted molar refractivity (Wildman–Crippen MR) is 154 cm³/mol. The SMILES string of the molecule is CC(Oc1cc(Nc2ncc3ccc(-c4cccc(S(=O)(=O)NC(C)(C)C)c4)n3n2)ccc1Cl)C1CCCN1. The standard InChI is InChI=1S/C28H33ClN6O3S/c1-18(24-9-6-14-30-24)38-26-16-20(10-12-23(26)29)32-27-31-17-21-11-13-25(35(21)33-27)19-7-5-8-22(15-19)39(36,37)34-28(2,3)4/h5,7-8,10-13,15-18,24,30,34H,6,9,14H2,1-4H3,(H,32,33). The van der Waals surface area contributed by atoms with Gasteiger partial charge in [-0.1, -0.05) is 23.7 Å². The molecule has 2 aromatic heterocycles. The molecule has 1 fully saturated rings. The first kappa shape index (κ1) is 27.4. The number of nitrogens with zero attached hydrogens (tertiary/aromatic N) is 3. The normalized spacial score (nSPS) is 16.9. The quantitative estimate of drug-likeness (QED) is 0.261. The summed E-state index contributed by atoms with van der Waals surface area (Å²) >= 11 is 6.43. The van der Waals surface area contributed by atoms with Crippen molar-refractivity contribution in [3.8, 4) is 17.0 Å². The maximum Gasteiger partial charge on any atom is 0.245 e. The second-order valence-electron chi connectivity index (χ2n) is 10.8. The van der Waals surface area contributed by atoms with Crippen LogP contribution in [0.4, 0.5) is 11.6 Å². The molecule has 1 saturated heterocycles. The summed E-state index contributed by atoms with van der Waals surface area (Å²) in [6.07, 6.45) is 3.91. The molecular weight excluding hydrogens is 536 g/mol. The van der Waals surface area contributed by atoms with Gasteiger partial charge in [-0.3, -0.25) is 0 Å². The van der Waals surface area contributed by atoms with Gasteiger partial charge in [0.05, 0.1) is 27.3 Å². The van der Waals surface area contributed by atoms with Crippen LogP contribution < -0.4 is 20.1 Å². The van der Waals surface area contributed by atoms with E-state index in [1.165, 1.54) is 0 Å². The number of hydrogen-bond donors (Lipinski definition) is 3. The minimum atomic E-state index is -3.69. The van der Waals surface area contributed by atoms with Crippen LogP contribution in [0.2, 0.25) is 5.02 Å². The van der Waals surface area contributed by atoms with Crippen LogP contribution in [0, 0.1) is 0 Å². The fraction of sp³-hybridized carbons (Fsp3) is 0.357. The van der Waals surface area contributed by atoms with Gasteiger partial charge in [-0.25, -0.2) is 22.6 Å². The first-order chi connectivity index (χ1) is 18.5. The number of nitrogens with one attached hydrogen (secondary N) is 3. The van der Waals surface area contributed by atoms with Gasteiger partial charge in [-0.15, -0.1) is 5.10 Å². The van der Waals surface area contributed by atoms with Crippen LogP contribution in [0.25, 0.3) is 16.8 Å². The van der Waals surface area contributed by atoms with E-state index in [1.807, 2.05) is 58.0 Å². The second kappa shape index (κ2) is 10.8. The van der Waals surface area contributed by atoms with E-state index in [0.717, 1.165) is 36.3 Å². The van der Waals surface area contributed by atoms with Crippen molar-refractivity contribution < 1.29 is 13.2 Å². The first-order valence-corrected chi connectivity index (χ1v) is 14.8. The number of halogens is 1. The minimum Gasteiger partial charge on any atom is -0.487 e. The molecule has 3 heterocycles. The highest BCUT2D eigenvalue weighted by molar-refractivity contribution is 7.89. The van der Waals surface area contributed by atoms with E-state index in [0.29, 0.717) is 28.3 Å². The van der Waals surface area contributed by atoms with Crippen LogP contribution in [0.5, 0.6) is 5.75 Å². The lowest BCUT2D eigenvalue weighted by molar-refractivity contribution is 0.180. The number of aromatic nitrogens is 3. The fourth-order valence-electron chi connectivity index (χ4n) is 4.66. The van der Waals surface area contributed by atoms with Gasteiger partial charge in [0.15, 0.2) is 0 Å². The van der Waals surface area contributed by atoms with E-state index >= 15 is 0 Å². The molecule has 0 amide bonds. The Hall–Kier alpha value is -3.18. The number of ether oxygens (including phenoxy) is 1. The van der Waals surface area contributed by atoms with Gasteiger partial charge in [0.25, 0.3) is 0 Å². The second-order valence-corrected chi connectivity index (χ2v) is 12.9. The van der Waals surface area contributed by atoms with E-state index in [2.05, 4.69) is 25.4 Å². The Labute approximate surface area is 234 Å². The molecule has 1 aliphatic heterocycles. The lowest BCUT2D eigenvalue weighted by atomic mass is 10.1. The molecule has 39 heavy (non-hydrogen) atoms. The Bertz CT molecular complexity index is 1590. The molecule has 3 N–H and O–H groups in total. The summed E-state index contributed by atoms with van der Waals surface area (Å²) in [5.74, 6) is 0.962.